The quantitative estimate of drug-likeness (QED) is 0.443. The Balaban J connectivity index is 2.10. The van der Waals surface area contributed by atoms with Gasteiger partial charge in [-0.05, 0) is 59.5 Å². The normalized spacial score (nSPS) is 56.6. The molecule has 196 valence electrons. The van der Waals surface area contributed by atoms with Crippen molar-refractivity contribution in [3.63, 3.8) is 0 Å². The van der Waals surface area contributed by atoms with Crippen LogP contribution in [0.4, 0.5) is 0 Å². The maximum absolute atomic E-state index is 6.52. The van der Waals surface area contributed by atoms with Crippen molar-refractivity contribution in [1.29, 1.82) is 0 Å². The van der Waals surface area contributed by atoms with Crippen LogP contribution < -0.4 is 0 Å². The largest absolute Gasteiger partial charge is 0.380 e. The van der Waals surface area contributed by atoms with Crippen LogP contribution in [0.5, 0.6) is 0 Å². The molecule has 0 spiro atoms. The van der Waals surface area contributed by atoms with E-state index in [9.17, 15) is 0 Å². The fraction of sp³-hybridized carbons (Fsp3) is 0.933. The first-order valence-electron chi connectivity index (χ1n) is 13.5. The molecule has 4 rings (SSSR count). The summed E-state index contributed by atoms with van der Waals surface area (Å²) in [6.07, 6.45) is 0.200. The van der Waals surface area contributed by atoms with Crippen molar-refractivity contribution in [2.75, 3.05) is 27.9 Å². The van der Waals surface area contributed by atoms with Gasteiger partial charge in [0.05, 0.1) is 30.5 Å². The topological polar surface area (TPSA) is 36.9 Å². The van der Waals surface area contributed by atoms with Crippen molar-refractivity contribution in [2.45, 2.75) is 100 Å². The second-order valence-corrected chi connectivity index (χ2v) is 13.8. The van der Waals surface area contributed by atoms with Gasteiger partial charge in [-0.3, -0.25) is 0 Å². The minimum Gasteiger partial charge on any atom is -0.380 e. The van der Waals surface area contributed by atoms with Gasteiger partial charge in [-0.25, -0.2) is 0 Å². The third-order valence-electron chi connectivity index (χ3n) is 13.3. The molecule has 4 heteroatoms. The molecule has 4 aliphatic rings. The molecular weight excluding hydrogens is 424 g/mol. The van der Waals surface area contributed by atoms with Crippen molar-refractivity contribution in [3.05, 3.63) is 11.1 Å². The molecule has 0 aromatic heterocycles. The number of ether oxygens (including phenoxy) is 4. The van der Waals surface area contributed by atoms with Gasteiger partial charge in [0.1, 0.15) is 0 Å². The van der Waals surface area contributed by atoms with Crippen LogP contribution in [0.1, 0.15) is 76.2 Å². The molecule has 1 aliphatic heterocycles. The summed E-state index contributed by atoms with van der Waals surface area (Å²) in [6, 6.07) is 0. The number of hydrogen-bond donors (Lipinski definition) is 0. The van der Waals surface area contributed by atoms with E-state index in [1.165, 1.54) is 11.1 Å². The van der Waals surface area contributed by atoms with Crippen LogP contribution in [-0.4, -0.2) is 51.8 Å². The van der Waals surface area contributed by atoms with E-state index in [2.05, 4.69) is 76.2 Å². The van der Waals surface area contributed by atoms with E-state index < -0.39 is 0 Å². The predicted molar refractivity (Wildman–Crippen MR) is 138 cm³/mol. The molecule has 12 atom stereocenters. The highest BCUT2D eigenvalue weighted by Gasteiger charge is 2.77. The van der Waals surface area contributed by atoms with Crippen LogP contribution in [0.25, 0.3) is 0 Å². The van der Waals surface area contributed by atoms with E-state index in [0.29, 0.717) is 23.7 Å². The van der Waals surface area contributed by atoms with Gasteiger partial charge in [-0.15, -0.1) is 0 Å². The molecule has 3 aliphatic carbocycles. The van der Waals surface area contributed by atoms with Gasteiger partial charge in [0.15, 0.2) is 0 Å². The van der Waals surface area contributed by atoms with Gasteiger partial charge < -0.3 is 18.9 Å². The zero-order chi connectivity index (χ0) is 25.8. The third-order valence-corrected chi connectivity index (χ3v) is 13.3. The predicted octanol–water partition coefficient (Wildman–Crippen LogP) is 6.38. The summed E-state index contributed by atoms with van der Waals surface area (Å²) in [5, 5.41) is 0. The highest BCUT2D eigenvalue weighted by molar-refractivity contribution is 5.38. The molecule has 0 N–H and O–H groups in total. The average molecular weight is 477 g/mol. The van der Waals surface area contributed by atoms with Crippen LogP contribution in [0.2, 0.25) is 0 Å². The van der Waals surface area contributed by atoms with Crippen molar-refractivity contribution in [2.24, 2.45) is 51.2 Å². The van der Waals surface area contributed by atoms with Gasteiger partial charge >= 0.3 is 0 Å². The zero-order valence-electron chi connectivity index (χ0n) is 24.5. The maximum atomic E-state index is 6.52. The van der Waals surface area contributed by atoms with Crippen LogP contribution in [0.15, 0.2) is 11.1 Å². The van der Waals surface area contributed by atoms with Gasteiger partial charge in [-0.1, -0.05) is 62.3 Å². The lowest BCUT2D eigenvalue weighted by molar-refractivity contribution is -0.383. The summed E-state index contributed by atoms with van der Waals surface area (Å²) in [4.78, 5) is 0. The summed E-state index contributed by atoms with van der Waals surface area (Å²) in [7, 11) is 5.70. The van der Waals surface area contributed by atoms with Crippen LogP contribution in [0, 0.1) is 51.2 Å². The van der Waals surface area contributed by atoms with Crippen molar-refractivity contribution in [3.8, 4) is 0 Å². The van der Waals surface area contributed by atoms with Crippen molar-refractivity contribution < 1.29 is 18.9 Å². The Morgan fingerprint density at radius 3 is 1.74 bits per heavy atom. The molecule has 12 unspecified atom stereocenters. The summed E-state index contributed by atoms with van der Waals surface area (Å²) in [5.41, 5.74) is 2.58. The molecule has 3 fully saturated rings. The third kappa shape index (κ3) is 2.60. The summed E-state index contributed by atoms with van der Waals surface area (Å²) in [5.74, 6) is 1.79. The smallest absolute Gasteiger partial charge is 0.0821 e. The number of methoxy groups -OCH3 is 3. The first-order chi connectivity index (χ1) is 15.6. The van der Waals surface area contributed by atoms with Crippen LogP contribution in [0.3, 0.4) is 0 Å². The average Bonchev–Trinajstić information content (AvgIpc) is 2.78. The van der Waals surface area contributed by atoms with Gasteiger partial charge in [0.2, 0.25) is 0 Å². The van der Waals surface area contributed by atoms with Crippen molar-refractivity contribution in [1.82, 2.24) is 0 Å². The monoisotopic (exact) mass is 476 g/mol. The molecule has 34 heavy (non-hydrogen) atoms. The standard InChI is InChI=1S/C30H52O4/c1-16-21-23(32-13)17(2)28(9)24(27(8)15-34-30(27,11)20(5)25(28)33-14)19(4)29(10,26(21,6)7)18(3)22(16)31-12/h17-20,22-25H,15H2,1-14H3. The fourth-order valence-corrected chi connectivity index (χ4v) is 10.7. The molecule has 1 heterocycles. The Labute approximate surface area is 209 Å². The highest BCUT2D eigenvalue weighted by Crippen LogP contribution is 2.75. The first kappa shape index (κ1) is 26.6. The fourth-order valence-electron chi connectivity index (χ4n) is 10.7. The Kier molecular flexibility index (Phi) is 6.10. The molecule has 2 bridgehead atoms. The summed E-state index contributed by atoms with van der Waals surface area (Å²) in [6.45, 7) is 27.7. The molecule has 0 aromatic carbocycles. The summed E-state index contributed by atoms with van der Waals surface area (Å²) < 4.78 is 25.7. The summed E-state index contributed by atoms with van der Waals surface area (Å²) >= 11 is 0. The van der Waals surface area contributed by atoms with E-state index in [0.717, 1.165) is 6.61 Å². The first-order valence-corrected chi connectivity index (χ1v) is 13.5. The molecule has 1 saturated heterocycles. The van der Waals surface area contributed by atoms with Gasteiger partial charge in [-0.2, -0.15) is 0 Å². The van der Waals surface area contributed by atoms with Crippen LogP contribution >= 0.6 is 0 Å². The highest BCUT2D eigenvalue weighted by atomic mass is 16.5. The number of fused-ring (bicyclic) bond motifs is 5. The molecule has 4 nitrogen and oxygen atoms in total. The Bertz CT molecular complexity index is 864. The molecule has 0 amide bonds. The molecule has 2 saturated carbocycles. The van der Waals surface area contributed by atoms with E-state index in [1.807, 2.05) is 21.3 Å². The Morgan fingerprint density at radius 1 is 0.735 bits per heavy atom. The second-order valence-electron chi connectivity index (χ2n) is 13.8. The SMILES string of the molecule is COC1C2=C(C)C(OC)C(C)C(C)(C(C)C3C(C)(C1C)C(OC)C(C)C1(C)OCC31C)C2(C)C. The van der Waals surface area contributed by atoms with E-state index >= 15 is 0 Å². The molecule has 0 radical (unpaired) electrons. The minimum atomic E-state index is -0.193. The number of rotatable bonds is 3. The lowest BCUT2D eigenvalue weighted by Gasteiger charge is -2.77. The lowest BCUT2D eigenvalue weighted by Crippen LogP contribution is -2.80. The minimum absolute atomic E-state index is 0.00372. The van der Waals surface area contributed by atoms with Crippen LogP contribution in [-0.2, 0) is 18.9 Å². The van der Waals surface area contributed by atoms with Gasteiger partial charge in [0, 0.05) is 38.1 Å². The Hall–Kier alpha value is -0.420. The second kappa shape index (κ2) is 7.79. The van der Waals surface area contributed by atoms with Crippen molar-refractivity contribution >= 4 is 0 Å². The van der Waals surface area contributed by atoms with E-state index in [4.69, 9.17) is 18.9 Å². The van der Waals surface area contributed by atoms with E-state index in [1.54, 1.807) is 0 Å². The Morgan fingerprint density at radius 2 is 1.29 bits per heavy atom. The van der Waals surface area contributed by atoms with Gasteiger partial charge in [0.25, 0.3) is 0 Å². The number of hydrogen-bond acceptors (Lipinski definition) is 4. The maximum Gasteiger partial charge on any atom is 0.0821 e. The van der Waals surface area contributed by atoms with E-state index in [-0.39, 0.29) is 51.5 Å². The lowest BCUT2D eigenvalue weighted by atomic mass is 9.33. The molecular formula is C30H52O4. The zero-order valence-corrected chi connectivity index (χ0v) is 24.5. The molecule has 0 aromatic rings.